The van der Waals surface area contributed by atoms with Gasteiger partial charge < -0.3 is 10.6 Å². The van der Waals surface area contributed by atoms with Crippen molar-refractivity contribution in [2.45, 2.75) is 6.04 Å². The molecule has 2 aromatic carbocycles. The van der Waals surface area contributed by atoms with Crippen LogP contribution in [0.5, 0.6) is 0 Å². The van der Waals surface area contributed by atoms with E-state index in [-0.39, 0.29) is 6.04 Å². The highest BCUT2D eigenvalue weighted by Gasteiger charge is 2.26. The van der Waals surface area contributed by atoms with Crippen molar-refractivity contribution in [3.63, 3.8) is 0 Å². The Morgan fingerprint density at radius 2 is 1.72 bits per heavy atom. The fraction of sp³-hybridized carbons (Fsp3) is 0.0909. The predicted molar refractivity (Wildman–Crippen MR) is 112 cm³/mol. The summed E-state index contributed by atoms with van der Waals surface area (Å²) in [5.41, 5.74) is 3.42. The minimum Gasteiger partial charge on any atom is -0.353 e. The van der Waals surface area contributed by atoms with E-state index in [1.165, 1.54) is 0 Å². The number of anilines is 3. The average Bonchev–Trinajstić information content (AvgIpc) is 3.20. The highest BCUT2D eigenvalue weighted by atomic mass is 15.3. The van der Waals surface area contributed by atoms with E-state index >= 15 is 0 Å². The Bertz CT molecular complexity index is 1170. The zero-order valence-electron chi connectivity index (χ0n) is 15.6. The minimum absolute atomic E-state index is 0.0203. The second kappa shape index (κ2) is 7.55. The van der Waals surface area contributed by atoms with Gasteiger partial charge in [-0.05, 0) is 35.9 Å². The van der Waals surface area contributed by atoms with E-state index in [0.29, 0.717) is 18.1 Å². The zero-order chi connectivity index (χ0) is 19.5. The third-order valence-corrected chi connectivity index (χ3v) is 4.71. The molecule has 0 fully saturated rings. The highest BCUT2D eigenvalue weighted by Crippen LogP contribution is 2.26. The molecule has 0 saturated heterocycles. The Balaban J connectivity index is 1.64. The van der Waals surface area contributed by atoms with Gasteiger partial charge in [0.25, 0.3) is 0 Å². The van der Waals surface area contributed by atoms with Gasteiger partial charge in [-0.1, -0.05) is 42.5 Å². The zero-order valence-corrected chi connectivity index (χ0v) is 15.6. The lowest BCUT2D eigenvalue weighted by Gasteiger charge is -2.14. The molecule has 2 N–H and O–H groups in total. The number of rotatable bonds is 4. The van der Waals surface area contributed by atoms with Crippen LogP contribution < -0.4 is 16.3 Å². The molecule has 142 valence electrons. The summed E-state index contributed by atoms with van der Waals surface area (Å²) in [5.74, 6) is 1.22. The monoisotopic (exact) mass is 381 g/mol. The number of pyridine rings is 1. The second-order valence-corrected chi connectivity index (χ2v) is 6.66. The van der Waals surface area contributed by atoms with Crippen LogP contribution in [0.2, 0.25) is 0 Å². The van der Waals surface area contributed by atoms with E-state index in [1.807, 2.05) is 77.5 Å². The molecule has 4 aromatic rings. The van der Waals surface area contributed by atoms with Crippen molar-refractivity contribution in [3.05, 3.63) is 96.4 Å². The maximum absolute atomic E-state index is 4.80. The van der Waals surface area contributed by atoms with E-state index in [4.69, 9.17) is 9.98 Å². The molecule has 0 amide bonds. The number of benzene rings is 2. The van der Waals surface area contributed by atoms with Gasteiger partial charge >= 0.3 is 0 Å². The van der Waals surface area contributed by atoms with Gasteiger partial charge in [0.2, 0.25) is 17.5 Å². The standard InChI is InChI=1S/C22H19N7/c1-3-9-17(10-4-1)25-20-27-21-24-15-19(16-8-7-13-23-14-16)29(21)22(28-20)26-18-11-5-2-6-12-18/h1-14,19H,15H2,(H2,24,25,26,27,28). The van der Waals surface area contributed by atoms with Crippen LogP contribution in [0.15, 0.2) is 90.2 Å². The highest BCUT2D eigenvalue weighted by molar-refractivity contribution is 5.54. The molecule has 7 heteroatoms. The van der Waals surface area contributed by atoms with Crippen LogP contribution in [0.3, 0.4) is 0 Å². The maximum Gasteiger partial charge on any atom is 0.236 e. The lowest BCUT2D eigenvalue weighted by molar-refractivity contribution is 0.612. The molecule has 29 heavy (non-hydrogen) atoms. The largest absolute Gasteiger partial charge is 0.353 e. The van der Waals surface area contributed by atoms with E-state index in [2.05, 4.69) is 26.7 Å². The molecule has 1 unspecified atom stereocenters. The quantitative estimate of drug-likeness (QED) is 0.564. The number of fused-ring (bicyclic) bond motifs is 1. The first kappa shape index (κ1) is 17.1. The lowest BCUT2D eigenvalue weighted by Crippen LogP contribution is -2.28. The van der Waals surface area contributed by atoms with Crippen LogP contribution in [0.4, 0.5) is 23.3 Å². The molecule has 2 aromatic heterocycles. The van der Waals surface area contributed by atoms with E-state index in [0.717, 1.165) is 22.9 Å². The van der Waals surface area contributed by atoms with Gasteiger partial charge in [0.15, 0.2) is 0 Å². The Morgan fingerprint density at radius 1 is 0.931 bits per heavy atom. The summed E-state index contributed by atoms with van der Waals surface area (Å²) in [6, 6.07) is 23.7. The second-order valence-electron chi connectivity index (χ2n) is 6.66. The number of nitrogens with one attached hydrogen (secondary N) is 2. The molecule has 5 rings (SSSR count). The summed E-state index contributed by atoms with van der Waals surface area (Å²) in [6.45, 7) is 0.701. The van der Waals surface area contributed by atoms with Crippen molar-refractivity contribution in [2.24, 2.45) is 4.99 Å². The summed E-state index contributed by atoms with van der Waals surface area (Å²) in [6.07, 6.45) is 3.65. The smallest absolute Gasteiger partial charge is 0.236 e. The topological polar surface area (TPSA) is 80.0 Å². The van der Waals surface area contributed by atoms with E-state index < -0.39 is 0 Å². The molecule has 0 saturated carbocycles. The van der Waals surface area contributed by atoms with Gasteiger partial charge in [0, 0.05) is 24.6 Å². The van der Waals surface area contributed by atoms with E-state index in [9.17, 15) is 0 Å². The molecular formula is C22H19N7. The van der Waals surface area contributed by atoms with Gasteiger partial charge in [-0.2, -0.15) is 9.97 Å². The van der Waals surface area contributed by atoms with Gasteiger partial charge in [-0.3, -0.25) is 9.55 Å². The molecule has 1 atom stereocenters. The van der Waals surface area contributed by atoms with Gasteiger partial charge in [-0.15, -0.1) is 0 Å². The summed E-state index contributed by atoms with van der Waals surface area (Å²) in [5, 5.41) is 6.65. The molecular weight excluding hydrogens is 362 g/mol. The SMILES string of the molecule is c1ccc(N=c2nc(Nc3ccccc3)nc3n2C(c2cccnc2)CN3)cc1. The maximum atomic E-state index is 4.80. The Hall–Kier alpha value is -4.00. The van der Waals surface area contributed by atoms with Gasteiger partial charge in [-0.25, -0.2) is 4.99 Å². The lowest BCUT2D eigenvalue weighted by atomic mass is 10.1. The minimum atomic E-state index is 0.0203. The van der Waals surface area contributed by atoms with Crippen LogP contribution in [0, 0.1) is 0 Å². The molecule has 1 aliphatic rings. The summed E-state index contributed by atoms with van der Waals surface area (Å²) < 4.78 is 2.03. The van der Waals surface area contributed by atoms with Crippen LogP contribution in [0.25, 0.3) is 0 Å². The number of para-hydroxylation sites is 2. The molecule has 7 nitrogen and oxygen atoms in total. The third kappa shape index (κ3) is 3.58. The fourth-order valence-electron chi connectivity index (χ4n) is 3.36. The molecule has 3 heterocycles. The first-order valence-corrected chi connectivity index (χ1v) is 9.43. The number of nitrogens with zero attached hydrogens (tertiary/aromatic N) is 5. The van der Waals surface area contributed by atoms with Crippen molar-refractivity contribution in [2.75, 3.05) is 17.2 Å². The van der Waals surface area contributed by atoms with Crippen LogP contribution in [-0.2, 0) is 0 Å². The van der Waals surface area contributed by atoms with Crippen molar-refractivity contribution in [1.82, 2.24) is 19.5 Å². The molecule has 0 aliphatic carbocycles. The summed E-state index contributed by atoms with van der Waals surface area (Å²) >= 11 is 0. The average molecular weight is 381 g/mol. The Labute approximate surface area is 167 Å². The first-order valence-electron chi connectivity index (χ1n) is 9.43. The number of hydrogen-bond acceptors (Lipinski definition) is 6. The Kier molecular flexibility index (Phi) is 4.46. The fourth-order valence-corrected chi connectivity index (χ4v) is 3.36. The summed E-state index contributed by atoms with van der Waals surface area (Å²) in [7, 11) is 0. The number of hydrogen-bond donors (Lipinski definition) is 2. The van der Waals surface area contributed by atoms with Crippen LogP contribution in [0.1, 0.15) is 11.6 Å². The van der Waals surface area contributed by atoms with Crippen LogP contribution >= 0.6 is 0 Å². The molecule has 0 bridgehead atoms. The predicted octanol–water partition coefficient (Wildman–Crippen LogP) is 3.66. The molecule has 1 aliphatic heterocycles. The first-order chi connectivity index (χ1) is 14.4. The number of aromatic nitrogens is 4. The van der Waals surface area contributed by atoms with Crippen molar-refractivity contribution >= 4 is 23.3 Å². The van der Waals surface area contributed by atoms with Gasteiger partial charge in [0.05, 0.1) is 11.7 Å². The van der Waals surface area contributed by atoms with Crippen molar-refractivity contribution < 1.29 is 0 Å². The van der Waals surface area contributed by atoms with E-state index in [1.54, 1.807) is 6.20 Å². The molecule has 0 spiro atoms. The normalized spacial score (nSPS) is 15.6. The van der Waals surface area contributed by atoms with Crippen LogP contribution in [-0.4, -0.2) is 26.1 Å². The Morgan fingerprint density at radius 3 is 2.48 bits per heavy atom. The van der Waals surface area contributed by atoms with Crippen molar-refractivity contribution in [3.8, 4) is 0 Å². The van der Waals surface area contributed by atoms with Gasteiger partial charge in [0.1, 0.15) is 0 Å². The summed E-state index contributed by atoms with van der Waals surface area (Å²) in [4.78, 5) is 18.5. The molecule has 0 radical (unpaired) electrons. The third-order valence-electron chi connectivity index (χ3n) is 4.71. The van der Waals surface area contributed by atoms with Crippen molar-refractivity contribution in [1.29, 1.82) is 0 Å².